The Labute approximate surface area is 565 Å². The number of likely N-dealkylation sites (N-methyl/N-ethyl adjacent to an activating group) is 1. The van der Waals surface area contributed by atoms with Gasteiger partial charge in [-0.3, -0.25) is 9.78 Å². The topological polar surface area (TPSA) is 131 Å². The van der Waals surface area contributed by atoms with Crippen molar-refractivity contribution in [2.45, 2.75) is 242 Å². The Balaban J connectivity index is 0.000000533. The van der Waals surface area contributed by atoms with Crippen molar-refractivity contribution >= 4 is 15.7 Å². The first-order valence-electron chi connectivity index (χ1n) is 36.5. The van der Waals surface area contributed by atoms with Crippen molar-refractivity contribution in [2.24, 2.45) is 62.1 Å². The van der Waals surface area contributed by atoms with Crippen molar-refractivity contribution in [1.29, 1.82) is 5.26 Å². The van der Waals surface area contributed by atoms with Gasteiger partial charge in [-0.1, -0.05) is 145 Å². The number of aliphatic hydroxyl groups is 1. The quantitative estimate of drug-likeness (QED) is 0.226. The lowest BCUT2D eigenvalue weighted by molar-refractivity contribution is -0.130. The highest BCUT2D eigenvalue weighted by atomic mass is 32.2. The van der Waals surface area contributed by atoms with Crippen molar-refractivity contribution in [3.8, 4) is 6.07 Å². The number of carbonyl (C=O) groups excluding carboxylic acids is 1. The zero-order valence-corrected chi connectivity index (χ0v) is 65.5. The maximum Gasteiger partial charge on any atom is 0.219 e. The van der Waals surface area contributed by atoms with Crippen LogP contribution < -0.4 is 0 Å². The summed E-state index contributed by atoms with van der Waals surface area (Å²) in [6.45, 7) is 74.0. The van der Waals surface area contributed by atoms with Crippen molar-refractivity contribution in [2.75, 3.05) is 150 Å². The fourth-order valence-electron chi connectivity index (χ4n) is 13.6. The van der Waals surface area contributed by atoms with E-state index < -0.39 is 9.84 Å². The lowest BCUT2D eigenvalue weighted by Gasteiger charge is -2.38. The normalized spacial score (nSPS) is 20.4. The molecule has 7 rings (SSSR count). The van der Waals surface area contributed by atoms with Gasteiger partial charge in [0.2, 0.25) is 5.91 Å². The van der Waals surface area contributed by atoms with E-state index in [-0.39, 0.29) is 5.91 Å². The average Bonchev–Trinajstić information content (AvgIpc) is 3.05. The van der Waals surface area contributed by atoms with Gasteiger partial charge in [0, 0.05) is 90.9 Å². The number of β-amino-alcohol motifs (C(OH)–C–C–N with tert-alkyl or cyclic N) is 1. The van der Waals surface area contributed by atoms with Crippen LogP contribution in [0.25, 0.3) is 0 Å². The molecule has 6 aliphatic rings. The highest BCUT2D eigenvalue weighted by Gasteiger charge is 2.33. The Bertz CT molecular complexity index is 2200. The fourth-order valence-corrected chi connectivity index (χ4v) is 14.1. The maximum atomic E-state index is 11.1. The first-order chi connectivity index (χ1) is 41.9. The zero-order chi connectivity index (χ0) is 69.6. The summed E-state index contributed by atoms with van der Waals surface area (Å²) in [5.74, 6) is 5.35. The molecule has 0 bridgehead atoms. The Morgan fingerprint density at radius 3 is 1.20 bits per heavy atom. The second-order valence-electron chi connectivity index (χ2n) is 35.3. The molecule has 0 aliphatic carbocycles. The summed E-state index contributed by atoms with van der Waals surface area (Å²) in [4.78, 5) is 31.8. The van der Waals surface area contributed by atoms with Gasteiger partial charge in [0.1, 0.15) is 9.84 Å². The molecule has 7 heterocycles. The first kappa shape index (κ1) is 86.8. The van der Waals surface area contributed by atoms with E-state index in [9.17, 15) is 13.2 Å². The Morgan fingerprint density at radius 1 is 0.560 bits per heavy atom. The number of nitrogens with zero attached hydrogens (tertiary/aromatic N) is 9. The number of sulfone groups is 1. The third kappa shape index (κ3) is 39.6. The summed E-state index contributed by atoms with van der Waals surface area (Å²) in [7, 11) is -0.586. The number of rotatable bonds is 11. The highest BCUT2D eigenvalue weighted by Crippen LogP contribution is 2.38. The van der Waals surface area contributed by atoms with E-state index >= 15 is 0 Å². The van der Waals surface area contributed by atoms with E-state index in [1.807, 2.05) is 17.3 Å². The maximum absolute atomic E-state index is 11.1. The molecule has 6 saturated heterocycles. The molecule has 6 aliphatic heterocycles. The molecule has 13 nitrogen and oxygen atoms in total. The third-order valence-electron chi connectivity index (χ3n) is 21.1. The molecule has 1 N–H and O–H groups in total. The highest BCUT2D eigenvalue weighted by molar-refractivity contribution is 7.90. The van der Waals surface area contributed by atoms with Gasteiger partial charge in [-0.15, -0.1) is 0 Å². The van der Waals surface area contributed by atoms with Gasteiger partial charge in [-0.05, 0) is 235 Å². The minimum absolute atomic E-state index is 0.229. The number of aliphatic hydroxyl groups excluding tert-OH is 1. The van der Waals surface area contributed by atoms with Crippen LogP contribution in [0.15, 0.2) is 18.5 Å². The van der Waals surface area contributed by atoms with Gasteiger partial charge in [0.25, 0.3) is 0 Å². The summed E-state index contributed by atoms with van der Waals surface area (Å²) >= 11 is 0. The van der Waals surface area contributed by atoms with Crippen molar-refractivity contribution in [1.82, 2.24) is 39.3 Å². The number of piperazine rings is 1. The van der Waals surface area contributed by atoms with Crippen LogP contribution in [0.3, 0.4) is 0 Å². The second kappa shape index (κ2) is 41.8. The minimum atomic E-state index is -2.81. The van der Waals surface area contributed by atoms with Crippen LogP contribution in [0, 0.1) is 80.3 Å². The number of nitriles is 1. The molecule has 0 atom stereocenters. The van der Waals surface area contributed by atoms with E-state index in [1.54, 1.807) is 6.92 Å². The van der Waals surface area contributed by atoms with Crippen LogP contribution in [0.2, 0.25) is 0 Å². The number of hydrogen-bond acceptors (Lipinski definition) is 12. The Kier molecular flexibility index (Phi) is 39.9. The zero-order valence-electron chi connectivity index (χ0n) is 64.6. The van der Waals surface area contributed by atoms with Gasteiger partial charge in [0.05, 0.1) is 18.4 Å². The average molecular weight is 1300 g/mol. The molecule has 0 spiro atoms. The predicted molar refractivity (Wildman–Crippen MR) is 393 cm³/mol. The molecule has 0 radical (unpaired) electrons. The van der Waals surface area contributed by atoms with Gasteiger partial charge in [-0.2, -0.15) is 5.26 Å². The number of carbonyl (C=O) groups is 1. The fraction of sp³-hybridized carbons (Fsp3) is 0.909. The molecular formula is C77H151N9O4S. The Hall–Kier alpha value is -2.22. The molecule has 14 heteroatoms. The van der Waals surface area contributed by atoms with E-state index in [2.05, 4.69) is 206 Å². The molecule has 0 aromatic carbocycles. The monoisotopic (exact) mass is 1300 g/mol. The molecule has 1 aromatic rings. The van der Waals surface area contributed by atoms with Crippen LogP contribution in [0.4, 0.5) is 0 Å². The van der Waals surface area contributed by atoms with E-state index in [0.717, 1.165) is 68.9 Å². The number of amides is 1. The summed E-state index contributed by atoms with van der Waals surface area (Å²) in [6.07, 6.45) is 19.8. The molecule has 6 fully saturated rings. The van der Waals surface area contributed by atoms with Crippen LogP contribution >= 0.6 is 0 Å². The SMILES string of the molecule is CC(=O)N1CCC(C(C)(C)C)CC1.CC(C)(C)C1CCN(CCC#N)CC1.CC(C)(C)C1CCN(CCO)CC1.CC(C)(C)C1CCN(CCS(C)(=O)=O)CC1.CCN1CCN(CCC(C)(C)C)CC1.CN1CCC(C(C)(C)C)CC1.Cc1ccncc1C(C)C. The number of piperidine rings is 5. The molecule has 1 amide bonds. The van der Waals surface area contributed by atoms with Crippen LogP contribution in [-0.4, -0.2) is 209 Å². The first-order valence-corrected chi connectivity index (χ1v) is 38.6. The number of hydrogen-bond donors (Lipinski definition) is 1. The van der Waals surface area contributed by atoms with Crippen molar-refractivity contribution < 1.29 is 18.3 Å². The molecule has 534 valence electrons. The lowest BCUT2D eigenvalue weighted by Crippen LogP contribution is -2.46. The van der Waals surface area contributed by atoms with Crippen LogP contribution in [-0.2, 0) is 14.6 Å². The standard InChI is InChI=1S/C12H22N2.C12H26N2.C12H25NO2S.C11H21NO.C11H23NO.C10H21N.C9H13N/c1-12(2,3)11-5-9-14(10-6-11)8-4-7-13;1-5-13-8-10-14(11-9-13)7-6-12(2,3)4;1-12(2,3)11-5-7-13(8-6-11)9-10-16(4,14)15;1-9(13)12-7-5-10(6-8-12)11(2,3)4;1-11(2,3)10-4-6-12(7-5-10)8-9-13;1-10(2,3)9-5-7-11(4)8-6-9;1-7(2)9-6-10-5-4-8(9)3/h11H,4-6,8-10H2,1-3H3;5-11H2,1-4H3;11H,5-10H2,1-4H3;10H,5-8H2,1-4H3;10,13H,4-9H2,1-3H3;9H,5-8H2,1-4H3;4-7H,1-3H3. The lowest BCUT2D eigenvalue weighted by atomic mass is 9.75. The van der Waals surface area contributed by atoms with E-state index in [0.29, 0.717) is 63.7 Å². The van der Waals surface area contributed by atoms with Crippen LogP contribution in [0.1, 0.15) is 246 Å². The van der Waals surface area contributed by atoms with Gasteiger partial charge in [-0.25, -0.2) is 8.42 Å². The smallest absolute Gasteiger partial charge is 0.219 e. The van der Waals surface area contributed by atoms with Gasteiger partial charge >= 0.3 is 0 Å². The molecule has 0 unspecified atom stereocenters. The summed E-state index contributed by atoms with van der Waals surface area (Å²) in [5.41, 5.74) is 5.43. The second-order valence-corrected chi connectivity index (χ2v) is 37.5. The predicted octanol–water partition coefficient (Wildman–Crippen LogP) is 15.4. The minimum Gasteiger partial charge on any atom is -0.395 e. The van der Waals surface area contributed by atoms with Gasteiger partial charge in [0.15, 0.2) is 0 Å². The molecule has 91 heavy (non-hydrogen) atoms. The largest absolute Gasteiger partial charge is 0.395 e. The number of aromatic nitrogens is 1. The summed E-state index contributed by atoms with van der Waals surface area (Å²) in [5, 5.41) is 17.3. The molecular weight excluding hydrogens is 1150 g/mol. The third-order valence-corrected chi connectivity index (χ3v) is 22.0. The Morgan fingerprint density at radius 2 is 0.901 bits per heavy atom. The molecule has 0 saturated carbocycles. The molecule has 1 aromatic heterocycles. The summed E-state index contributed by atoms with van der Waals surface area (Å²) in [6, 6.07) is 4.27. The van der Waals surface area contributed by atoms with Crippen molar-refractivity contribution in [3.05, 3.63) is 29.6 Å². The van der Waals surface area contributed by atoms with Crippen molar-refractivity contribution in [3.63, 3.8) is 0 Å². The van der Waals surface area contributed by atoms with Gasteiger partial charge < -0.3 is 39.4 Å². The van der Waals surface area contributed by atoms with E-state index in [4.69, 9.17) is 10.4 Å². The number of aryl methyl sites for hydroxylation is 1. The number of pyridine rings is 1. The summed E-state index contributed by atoms with van der Waals surface area (Å²) < 4.78 is 22.1. The number of likely N-dealkylation sites (tertiary alicyclic amines) is 5. The van der Waals surface area contributed by atoms with Crippen LogP contribution in [0.5, 0.6) is 0 Å². The van der Waals surface area contributed by atoms with E-state index in [1.165, 1.54) is 167 Å².